The summed E-state index contributed by atoms with van der Waals surface area (Å²) in [6.07, 6.45) is 3.23. The van der Waals surface area contributed by atoms with Gasteiger partial charge in [-0.3, -0.25) is 13.9 Å². The average molecular weight is 532 g/mol. The average Bonchev–Trinajstić information content (AvgIpc) is 2.86. The number of amides is 2. The van der Waals surface area contributed by atoms with Gasteiger partial charge in [0, 0.05) is 13.1 Å². The molecule has 0 aliphatic heterocycles. The fourth-order valence-corrected chi connectivity index (χ4v) is 4.88. The fourth-order valence-electron chi connectivity index (χ4n) is 4.03. The predicted molar refractivity (Wildman–Crippen MR) is 148 cm³/mol. The van der Waals surface area contributed by atoms with Crippen LogP contribution >= 0.6 is 0 Å². The van der Waals surface area contributed by atoms with Crippen molar-refractivity contribution in [3.8, 4) is 5.75 Å². The minimum atomic E-state index is -3.77. The Bertz CT molecular complexity index is 1130. The third-order valence-corrected chi connectivity index (χ3v) is 7.37. The first-order valence-corrected chi connectivity index (χ1v) is 14.6. The molecular weight excluding hydrogens is 490 g/mol. The Kier molecular flexibility index (Phi) is 11.4. The van der Waals surface area contributed by atoms with Gasteiger partial charge in [0.2, 0.25) is 21.8 Å². The van der Waals surface area contributed by atoms with E-state index in [0.717, 1.165) is 34.5 Å². The highest BCUT2D eigenvalue weighted by Gasteiger charge is 2.31. The van der Waals surface area contributed by atoms with Gasteiger partial charge in [0.15, 0.2) is 0 Å². The number of hydrogen-bond acceptors (Lipinski definition) is 5. The number of rotatable bonds is 14. The summed E-state index contributed by atoms with van der Waals surface area (Å²) in [5, 5.41) is 2.92. The molecule has 0 aliphatic carbocycles. The number of anilines is 1. The second-order valence-electron chi connectivity index (χ2n) is 9.46. The maximum absolute atomic E-state index is 13.8. The van der Waals surface area contributed by atoms with Crippen LogP contribution in [0.5, 0.6) is 5.75 Å². The van der Waals surface area contributed by atoms with E-state index >= 15 is 0 Å². The number of carbonyl (C=O) groups excluding carboxylic acids is 2. The molecule has 9 heteroatoms. The minimum absolute atomic E-state index is 0.139. The molecule has 0 radical (unpaired) electrons. The maximum atomic E-state index is 13.8. The van der Waals surface area contributed by atoms with Crippen LogP contribution in [0.25, 0.3) is 0 Å². The summed E-state index contributed by atoms with van der Waals surface area (Å²) in [6, 6.07) is 13.7. The summed E-state index contributed by atoms with van der Waals surface area (Å²) in [5.41, 5.74) is 2.25. The van der Waals surface area contributed by atoms with Gasteiger partial charge in [-0.15, -0.1) is 0 Å². The van der Waals surface area contributed by atoms with E-state index in [4.69, 9.17) is 4.74 Å². The fraction of sp³-hybridized carbons (Fsp3) is 0.500. The van der Waals surface area contributed by atoms with Crippen LogP contribution in [0.3, 0.4) is 0 Å². The van der Waals surface area contributed by atoms with Crippen LogP contribution < -0.4 is 14.4 Å². The molecular formula is C28H41N3O5S. The van der Waals surface area contributed by atoms with Gasteiger partial charge in [-0.2, -0.15) is 0 Å². The second kappa shape index (κ2) is 14.0. The van der Waals surface area contributed by atoms with Crippen molar-refractivity contribution in [1.82, 2.24) is 10.2 Å². The molecule has 0 saturated heterocycles. The van der Waals surface area contributed by atoms with Crippen molar-refractivity contribution in [3.63, 3.8) is 0 Å². The molecule has 0 aromatic heterocycles. The van der Waals surface area contributed by atoms with Gasteiger partial charge in [0.1, 0.15) is 18.3 Å². The number of hydrogen-bond donors (Lipinski definition) is 1. The zero-order valence-electron chi connectivity index (χ0n) is 22.9. The Labute approximate surface area is 222 Å². The zero-order valence-corrected chi connectivity index (χ0v) is 23.7. The van der Waals surface area contributed by atoms with Crippen molar-refractivity contribution >= 4 is 27.5 Å². The first kappa shape index (κ1) is 30.2. The molecule has 0 aliphatic rings. The molecule has 2 aromatic carbocycles. The number of carbonyl (C=O) groups is 2. The van der Waals surface area contributed by atoms with Crippen molar-refractivity contribution in [1.29, 1.82) is 0 Å². The van der Waals surface area contributed by atoms with Crippen molar-refractivity contribution < 1.29 is 22.7 Å². The van der Waals surface area contributed by atoms with Crippen molar-refractivity contribution in [2.24, 2.45) is 0 Å². The number of benzene rings is 2. The van der Waals surface area contributed by atoms with E-state index in [1.807, 2.05) is 38.1 Å². The molecule has 204 valence electrons. The number of methoxy groups -OCH3 is 1. The minimum Gasteiger partial charge on any atom is -0.497 e. The lowest BCUT2D eigenvalue weighted by atomic mass is 10.0. The van der Waals surface area contributed by atoms with E-state index in [1.54, 1.807) is 31.4 Å². The van der Waals surface area contributed by atoms with Gasteiger partial charge >= 0.3 is 0 Å². The Morgan fingerprint density at radius 2 is 1.73 bits per heavy atom. The summed E-state index contributed by atoms with van der Waals surface area (Å²) >= 11 is 0. The van der Waals surface area contributed by atoms with Crippen molar-refractivity contribution in [2.45, 2.75) is 65.5 Å². The topological polar surface area (TPSA) is 96.0 Å². The molecule has 0 unspecified atom stereocenters. The van der Waals surface area contributed by atoms with Crippen molar-refractivity contribution in [2.75, 3.05) is 30.8 Å². The predicted octanol–water partition coefficient (Wildman–Crippen LogP) is 4.31. The highest BCUT2D eigenvalue weighted by molar-refractivity contribution is 7.92. The molecule has 2 amide bonds. The number of ether oxygens (including phenoxy) is 1. The summed E-state index contributed by atoms with van der Waals surface area (Å²) in [7, 11) is -2.21. The Morgan fingerprint density at radius 3 is 2.27 bits per heavy atom. The highest BCUT2D eigenvalue weighted by Crippen LogP contribution is 2.23. The third-order valence-electron chi connectivity index (χ3n) is 6.23. The second-order valence-corrected chi connectivity index (χ2v) is 11.4. The normalized spacial score (nSPS) is 12.2. The van der Waals surface area contributed by atoms with Crippen molar-refractivity contribution in [3.05, 3.63) is 59.7 Å². The lowest BCUT2D eigenvalue weighted by molar-refractivity contribution is -0.140. The summed E-state index contributed by atoms with van der Waals surface area (Å²) in [6.45, 7) is 8.23. The van der Waals surface area contributed by atoms with Crippen LogP contribution in [-0.2, 0) is 26.2 Å². The molecule has 0 heterocycles. The largest absolute Gasteiger partial charge is 0.497 e. The van der Waals surface area contributed by atoms with Crippen LogP contribution in [0.4, 0.5) is 5.69 Å². The van der Waals surface area contributed by atoms with Gasteiger partial charge in [0.25, 0.3) is 0 Å². The number of nitrogens with zero attached hydrogens (tertiary/aromatic N) is 2. The molecule has 2 aromatic rings. The first-order valence-electron chi connectivity index (χ1n) is 12.8. The Hall–Kier alpha value is -3.07. The molecule has 0 spiro atoms. The smallest absolute Gasteiger partial charge is 0.244 e. The van der Waals surface area contributed by atoms with Crippen LogP contribution in [0.15, 0.2) is 48.5 Å². The van der Waals surface area contributed by atoms with Gasteiger partial charge < -0.3 is 15.0 Å². The molecule has 8 nitrogen and oxygen atoms in total. The lowest BCUT2D eigenvalue weighted by Crippen LogP contribution is -2.52. The van der Waals surface area contributed by atoms with E-state index in [2.05, 4.69) is 19.2 Å². The van der Waals surface area contributed by atoms with Crippen LogP contribution in [-0.4, -0.2) is 57.6 Å². The van der Waals surface area contributed by atoms with E-state index < -0.39 is 28.5 Å². The first-order chi connectivity index (χ1) is 17.5. The molecule has 37 heavy (non-hydrogen) atoms. The van der Waals surface area contributed by atoms with Gasteiger partial charge in [-0.1, -0.05) is 58.4 Å². The van der Waals surface area contributed by atoms with Gasteiger partial charge in [-0.05, 0) is 54.2 Å². The summed E-state index contributed by atoms with van der Waals surface area (Å²) in [5.74, 6) is 0.212. The van der Waals surface area contributed by atoms with E-state index in [1.165, 1.54) is 4.90 Å². The number of sulfonamides is 1. The molecule has 2 rings (SSSR count). The van der Waals surface area contributed by atoms with E-state index in [9.17, 15) is 18.0 Å². The quantitative estimate of drug-likeness (QED) is 0.367. The van der Waals surface area contributed by atoms with Crippen LogP contribution in [0.1, 0.15) is 64.0 Å². The zero-order chi connectivity index (χ0) is 27.6. The molecule has 0 saturated carbocycles. The van der Waals surface area contributed by atoms with E-state index in [-0.39, 0.29) is 18.4 Å². The Balaban J connectivity index is 2.42. The van der Waals surface area contributed by atoms with Gasteiger partial charge in [0.05, 0.1) is 19.1 Å². The SMILES string of the molecule is CCCCNC(=O)[C@@H](CC)N(Cc1cccc(OC)c1)C(=O)CN(c1ccc(C(C)C)cc1)S(C)(=O)=O. The summed E-state index contributed by atoms with van der Waals surface area (Å²) in [4.78, 5) is 28.3. The Morgan fingerprint density at radius 1 is 1.05 bits per heavy atom. The number of nitrogens with one attached hydrogen (secondary N) is 1. The van der Waals surface area contributed by atoms with Crippen LogP contribution in [0, 0.1) is 0 Å². The van der Waals surface area contributed by atoms with Crippen LogP contribution in [0.2, 0.25) is 0 Å². The monoisotopic (exact) mass is 531 g/mol. The van der Waals surface area contributed by atoms with E-state index in [0.29, 0.717) is 24.4 Å². The molecule has 1 atom stereocenters. The number of unbranched alkanes of at least 4 members (excludes halogenated alkanes) is 1. The highest BCUT2D eigenvalue weighted by atomic mass is 32.2. The molecule has 1 N–H and O–H groups in total. The lowest BCUT2D eigenvalue weighted by Gasteiger charge is -2.33. The standard InChI is InChI=1S/C28H41N3O5S/c1-7-9-17-29-28(33)26(8-2)30(19-22-11-10-12-25(18-22)36-5)27(32)20-31(37(6,34)35)24-15-13-23(14-16-24)21(3)4/h10-16,18,21,26H,7-9,17,19-20H2,1-6H3,(H,29,33)/t26-/m1/s1. The molecule has 0 fully saturated rings. The third kappa shape index (κ3) is 8.77. The molecule has 0 bridgehead atoms. The van der Waals surface area contributed by atoms with Gasteiger partial charge in [-0.25, -0.2) is 8.42 Å². The maximum Gasteiger partial charge on any atom is 0.244 e. The summed E-state index contributed by atoms with van der Waals surface area (Å²) < 4.78 is 31.9.